The quantitative estimate of drug-likeness (QED) is 0.0264. The first-order chi connectivity index (χ1) is 28.3. The van der Waals surface area contributed by atoms with Gasteiger partial charge < -0.3 is 40.3 Å². The van der Waals surface area contributed by atoms with Gasteiger partial charge >= 0.3 is 0 Å². The largest absolute Gasteiger partial charge is 0.394 e. The van der Waals surface area contributed by atoms with Crippen molar-refractivity contribution in [3.05, 3.63) is 36.5 Å². The third-order valence-electron chi connectivity index (χ3n) is 11.4. The minimum Gasteiger partial charge on any atom is -0.394 e. The standard InChI is InChI=1S/C49H91NO8/c1-3-5-7-9-11-13-14-15-16-17-18-19-20-21-22-23-24-25-26-27-28-29-30-31-32-34-36-38-43(52)42(50-45(53)39-37-35-33-12-10-8-6-4-2)41-57-49-48(56)47(55)46(54)44(40-51)58-49/h26-27,30-31,36,38,42-44,46-49,51-52,54-56H,3-25,28-29,32-35,37,39-41H2,1-2H3,(H,50,53)/b27-26+,31-30+,38-36+. The van der Waals surface area contributed by atoms with E-state index < -0.39 is 49.5 Å². The molecule has 58 heavy (non-hydrogen) atoms. The molecule has 9 heteroatoms. The Kier molecular flexibility index (Phi) is 37.1. The molecule has 0 spiro atoms. The number of hydrogen-bond donors (Lipinski definition) is 6. The maximum Gasteiger partial charge on any atom is 0.220 e. The fourth-order valence-corrected chi connectivity index (χ4v) is 7.54. The number of rotatable bonds is 40. The Morgan fingerprint density at radius 3 is 1.45 bits per heavy atom. The van der Waals surface area contributed by atoms with E-state index in [-0.39, 0.29) is 12.5 Å². The Labute approximate surface area is 355 Å². The molecule has 1 saturated heterocycles. The van der Waals surface area contributed by atoms with Crippen molar-refractivity contribution in [1.29, 1.82) is 0 Å². The molecule has 1 aliphatic rings. The van der Waals surface area contributed by atoms with Gasteiger partial charge in [0.05, 0.1) is 25.4 Å². The molecule has 0 saturated carbocycles. The van der Waals surface area contributed by atoms with E-state index in [1.165, 1.54) is 148 Å². The molecular weight excluding hydrogens is 731 g/mol. The molecular formula is C49H91NO8. The summed E-state index contributed by atoms with van der Waals surface area (Å²) >= 11 is 0. The van der Waals surface area contributed by atoms with Crippen LogP contribution in [0.2, 0.25) is 0 Å². The van der Waals surface area contributed by atoms with Crippen molar-refractivity contribution in [1.82, 2.24) is 5.32 Å². The SMILES string of the molecule is CCCCCCCCCCCCCCCCCCC/C=C/CC/C=C/CC/C=C/C(O)C(COC1OC(CO)C(O)C(O)C1O)NC(=O)CCCCCCCCCC. The van der Waals surface area contributed by atoms with Crippen LogP contribution in [0.25, 0.3) is 0 Å². The van der Waals surface area contributed by atoms with Crippen LogP contribution in [-0.4, -0.2) is 87.5 Å². The smallest absolute Gasteiger partial charge is 0.220 e. The fraction of sp³-hybridized carbons (Fsp3) is 0.857. The predicted octanol–water partition coefficient (Wildman–Crippen LogP) is 10.5. The van der Waals surface area contributed by atoms with E-state index in [1.54, 1.807) is 6.08 Å². The van der Waals surface area contributed by atoms with Gasteiger partial charge in [-0.2, -0.15) is 0 Å². The van der Waals surface area contributed by atoms with E-state index in [2.05, 4.69) is 43.5 Å². The molecule has 9 nitrogen and oxygen atoms in total. The molecule has 1 heterocycles. The van der Waals surface area contributed by atoms with Crippen molar-refractivity contribution < 1.29 is 39.8 Å². The van der Waals surface area contributed by atoms with Gasteiger partial charge in [0.25, 0.3) is 0 Å². The second-order valence-corrected chi connectivity index (χ2v) is 16.9. The topological polar surface area (TPSA) is 149 Å². The number of aliphatic hydroxyl groups excluding tert-OH is 5. The van der Waals surface area contributed by atoms with Gasteiger partial charge in [-0.25, -0.2) is 0 Å². The van der Waals surface area contributed by atoms with Crippen LogP contribution in [0, 0.1) is 0 Å². The lowest BCUT2D eigenvalue weighted by Gasteiger charge is -2.40. The molecule has 0 aliphatic carbocycles. The lowest BCUT2D eigenvalue weighted by molar-refractivity contribution is -0.302. The summed E-state index contributed by atoms with van der Waals surface area (Å²) in [6, 6.07) is -0.823. The minimum atomic E-state index is -1.57. The van der Waals surface area contributed by atoms with Crippen LogP contribution in [0.3, 0.4) is 0 Å². The van der Waals surface area contributed by atoms with Gasteiger partial charge in [0.15, 0.2) is 6.29 Å². The van der Waals surface area contributed by atoms with E-state index in [0.29, 0.717) is 6.42 Å². The summed E-state index contributed by atoms with van der Waals surface area (Å²) in [5, 5.41) is 54.0. The van der Waals surface area contributed by atoms with Gasteiger partial charge in [0, 0.05) is 6.42 Å². The number of ether oxygens (including phenoxy) is 2. The van der Waals surface area contributed by atoms with E-state index in [0.717, 1.165) is 44.9 Å². The second kappa shape index (κ2) is 39.5. The van der Waals surface area contributed by atoms with Crippen molar-refractivity contribution in [3.8, 4) is 0 Å². The molecule has 0 aromatic carbocycles. The normalized spacial score (nSPS) is 21.1. The highest BCUT2D eigenvalue weighted by Gasteiger charge is 2.44. The summed E-state index contributed by atoms with van der Waals surface area (Å²) < 4.78 is 11.2. The molecule has 1 rings (SSSR count). The lowest BCUT2D eigenvalue weighted by atomic mass is 9.99. The predicted molar refractivity (Wildman–Crippen MR) is 240 cm³/mol. The molecule has 0 bridgehead atoms. The highest BCUT2D eigenvalue weighted by molar-refractivity contribution is 5.76. The maximum absolute atomic E-state index is 12.8. The molecule has 340 valence electrons. The summed E-state index contributed by atoms with van der Waals surface area (Å²) in [5.74, 6) is -0.196. The second-order valence-electron chi connectivity index (χ2n) is 16.9. The molecule has 1 aliphatic heterocycles. The first kappa shape index (κ1) is 54.4. The lowest BCUT2D eigenvalue weighted by Crippen LogP contribution is -2.60. The summed E-state index contributed by atoms with van der Waals surface area (Å²) in [6.07, 6.45) is 42.3. The first-order valence-corrected chi connectivity index (χ1v) is 24.2. The van der Waals surface area contributed by atoms with Gasteiger partial charge in [-0.05, 0) is 44.9 Å². The highest BCUT2D eigenvalue weighted by atomic mass is 16.7. The molecule has 0 aromatic rings. The van der Waals surface area contributed by atoms with E-state index >= 15 is 0 Å². The van der Waals surface area contributed by atoms with Crippen LogP contribution in [-0.2, 0) is 14.3 Å². The molecule has 7 unspecified atom stereocenters. The van der Waals surface area contributed by atoms with Crippen LogP contribution in [0.5, 0.6) is 0 Å². The number of unbranched alkanes of at least 4 members (excludes halogenated alkanes) is 26. The number of hydrogen-bond acceptors (Lipinski definition) is 8. The number of aliphatic hydroxyl groups is 5. The molecule has 0 radical (unpaired) electrons. The van der Waals surface area contributed by atoms with Crippen LogP contribution >= 0.6 is 0 Å². The number of carbonyl (C=O) groups is 1. The third-order valence-corrected chi connectivity index (χ3v) is 11.4. The Bertz CT molecular complexity index is 1000. The van der Waals surface area contributed by atoms with Gasteiger partial charge in [0.1, 0.15) is 24.4 Å². The molecule has 1 amide bonds. The zero-order chi connectivity index (χ0) is 42.3. The van der Waals surface area contributed by atoms with Crippen LogP contribution in [0.4, 0.5) is 0 Å². The third kappa shape index (κ3) is 29.6. The van der Waals surface area contributed by atoms with Crippen molar-refractivity contribution >= 4 is 5.91 Å². The maximum atomic E-state index is 12.8. The van der Waals surface area contributed by atoms with E-state index in [1.807, 2.05) is 6.08 Å². The van der Waals surface area contributed by atoms with Crippen molar-refractivity contribution in [3.63, 3.8) is 0 Å². The Balaban J connectivity index is 2.25. The molecule has 1 fully saturated rings. The number of carbonyl (C=O) groups excluding carboxylic acids is 1. The van der Waals surface area contributed by atoms with E-state index in [4.69, 9.17) is 9.47 Å². The van der Waals surface area contributed by atoms with Crippen molar-refractivity contribution in [2.45, 2.75) is 256 Å². The van der Waals surface area contributed by atoms with E-state index in [9.17, 15) is 30.3 Å². The average Bonchev–Trinajstić information content (AvgIpc) is 3.22. The van der Waals surface area contributed by atoms with Gasteiger partial charge in [-0.3, -0.25) is 4.79 Å². The zero-order valence-electron chi connectivity index (χ0n) is 37.3. The van der Waals surface area contributed by atoms with Crippen LogP contribution in [0.15, 0.2) is 36.5 Å². The van der Waals surface area contributed by atoms with Gasteiger partial charge in [0.2, 0.25) is 5.91 Å². The van der Waals surface area contributed by atoms with Crippen LogP contribution in [0.1, 0.15) is 213 Å². The minimum absolute atomic E-state index is 0.196. The molecule has 0 aromatic heterocycles. The Morgan fingerprint density at radius 2 is 0.983 bits per heavy atom. The Hall–Kier alpha value is -1.59. The summed E-state index contributed by atoms with van der Waals surface area (Å²) in [7, 11) is 0. The summed E-state index contributed by atoms with van der Waals surface area (Å²) in [5.41, 5.74) is 0. The number of amides is 1. The van der Waals surface area contributed by atoms with Crippen molar-refractivity contribution in [2.24, 2.45) is 0 Å². The van der Waals surface area contributed by atoms with Gasteiger partial charge in [-0.15, -0.1) is 0 Å². The summed E-state index contributed by atoms with van der Waals surface area (Å²) in [4.78, 5) is 12.8. The Morgan fingerprint density at radius 1 is 0.569 bits per heavy atom. The monoisotopic (exact) mass is 822 g/mol. The first-order valence-electron chi connectivity index (χ1n) is 24.2. The van der Waals surface area contributed by atoms with Gasteiger partial charge in [-0.1, -0.05) is 198 Å². The molecule has 7 atom stereocenters. The number of allylic oxidation sites excluding steroid dienone is 5. The van der Waals surface area contributed by atoms with Crippen molar-refractivity contribution in [2.75, 3.05) is 13.2 Å². The average molecular weight is 822 g/mol. The fourth-order valence-electron chi connectivity index (χ4n) is 7.54. The zero-order valence-corrected chi connectivity index (χ0v) is 37.3. The van der Waals surface area contributed by atoms with Crippen LogP contribution < -0.4 is 5.32 Å². The molecule has 6 N–H and O–H groups in total. The highest BCUT2D eigenvalue weighted by Crippen LogP contribution is 2.22. The summed E-state index contributed by atoms with van der Waals surface area (Å²) in [6.45, 7) is 3.71. The number of nitrogens with one attached hydrogen (secondary N) is 1.